The molecule has 28 heavy (non-hydrogen) atoms. The molecule has 0 bridgehead atoms. The zero-order valence-electron chi connectivity index (χ0n) is 16.0. The Morgan fingerprint density at radius 2 is 1.79 bits per heavy atom. The van der Waals surface area contributed by atoms with Crippen molar-refractivity contribution in [3.63, 3.8) is 0 Å². The average molecular weight is 369 g/mol. The molecule has 0 N–H and O–H groups in total. The highest BCUT2D eigenvalue weighted by Crippen LogP contribution is 2.24. The molecule has 0 spiro atoms. The summed E-state index contributed by atoms with van der Waals surface area (Å²) in [7, 11) is 0. The Bertz CT molecular complexity index is 1440. The molecule has 0 aliphatic carbocycles. The van der Waals surface area contributed by atoms with Crippen molar-refractivity contribution in [3.8, 4) is 5.69 Å². The van der Waals surface area contributed by atoms with E-state index >= 15 is 0 Å². The maximum atomic E-state index is 13.1. The summed E-state index contributed by atoms with van der Waals surface area (Å²) in [5, 5.41) is 5.06. The Labute approximate surface area is 161 Å². The van der Waals surface area contributed by atoms with Crippen LogP contribution in [0.5, 0.6) is 0 Å². The first kappa shape index (κ1) is 16.6. The average Bonchev–Trinajstić information content (AvgIpc) is 3.09. The highest BCUT2D eigenvalue weighted by molar-refractivity contribution is 5.95. The molecule has 0 unspecified atom stereocenters. The minimum atomic E-state index is -0.130. The molecule has 3 aromatic heterocycles. The second kappa shape index (κ2) is 5.99. The van der Waals surface area contributed by atoms with Crippen molar-refractivity contribution >= 4 is 27.7 Å². The van der Waals surface area contributed by atoms with Crippen LogP contribution in [0.1, 0.15) is 24.0 Å². The van der Waals surface area contributed by atoms with E-state index in [0.717, 1.165) is 28.1 Å². The van der Waals surface area contributed by atoms with Gasteiger partial charge in [-0.15, -0.1) is 0 Å². The Morgan fingerprint density at radius 3 is 2.57 bits per heavy atom. The van der Waals surface area contributed by atoms with E-state index in [4.69, 9.17) is 9.97 Å². The molecule has 6 heteroatoms. The normalized spacial score (nSPS) is 11.7. The number of benzene rings is 2. The van der Waals surface area contributed by atoms with E-state index in [1.807, 2.05) is 59.9 Å². The van der Waals surface area contributed by atoms with Gasteiger partial charge in [0.25, 0.3) is 0 Å². The number of nitrogens with zero attached hydrogens (tertiary/aromatic N) is 5. The van der Waals surface area contributed by atoms with E-state index < -0.39 is 0 Å². The minimum absolute atomic E-state index is 0.130. The predicted molar refractivity (Wildman–Crippen MR) is 110 cm³/mol. The van der Waals surface area contributed by atoms with Crippen LogP contribution < -0.4 is 5.43 Å². The van der Waals surface area contributed by atoms with Gasteiger partial charge in [0.05, 0.1) is 16.7 Å². The number of hydrogen-bond donors (Lipinski definition) is 0. The Balaban J connectivity index is 2.04. The van der Waals surface area contributed by atoms with E-state index in [0.29, 0.717) is 28.8 Å². The molecular weight excluding hydrogens is 350 g/mol. The summed E-state index contributed by atoms with van der Waals surface area (Å²) in [6, 6.07) is 15.9. The molecule has 138 valence electrons. The standard InChI is InChI=1S/C22H19N5O/c1-4-18-24-22-19(21-23-16-10-5-6-11-17(16)26(18)21)20(28)14(3)25-27(22)15-9-7-8-13(2)12-15/h5-12H,4H2,1-3H3. The maximum Gasteiger partial charge on any atom is 0.216 e. The molecule has 6 nitrogen and oxygen atoms in total. The van der Waals surface area contributed by atoms with Gasteiger partial charge in [-0.25, -0.2) is 14.6 Å². The molecule has 0 amide bonds. The molecule has 5 rings (SSSR count). The van der Waals surface area contributed by atoms with Crippen LogP contribution in [0.4, 0.5) is 0 Å². The molecule has 5 aromatic rings. The zero-order chi connectivity index (χ0) is 19.4. The Kier molecular flexibility index (Phi) is 3.55. The van der Waals surface area contributed by atoms with Crippen molar-refractivity contribution in [2.24, 2.45) is 0 Å². The highest BCUT2D eigenvalue weighted by Gasteiger charge is 2.19. The van der Waals surface area contributed by atoms with E-state index in [9.17, 15) is 4.79 Å². The maximum absolute atomic E-state index is 13.1. The molecule has 0 aliphatic rings. The predicted octanol–water partition coefficient (Wildman–Crippen LogP) is 3.76. The van der Waals surface area contributed by atoms with Gasteiger partial charge in [0.2, 0.25) is 5.43 Å². The summed E-state index contributed by atoms with van der Waals surface area (Å²) < 4.78 is 3.76. The van der Waals surface area contributed by atoms with E-state index in [-0.39, 0.29) is 5.43 Å². The van der Waals surface area contributed by atoms with Crippen LogP contribution in [0.25, 0.3) is 33.4 Å². The van der Waals surface area contributed by atoms with Gasteiger partial charge < -0.3 is 0 Å². The van der Waals surface area contributed by atoms with Gasteiger partial charge in [0.1, 0.15) is 16.9 Å². The molecule has 0 atom stereocenters. The number of imidazole rings is 1. The molecule has 0 radical (unpaired) electrons. The van der Waals surface area contributed by atoms with Crippen LogP contribution in [0.15, 0.2) is 53.3 Å². The number of hydrogen-bond acceptors (Lipinski definition) is 4. The topological polar surface area (TPSA) is 65.1 Å². The molecule has 3 heterocycles. The smallest absolute Gasteiger partial charge is 0.216 e. The number of fused-ring (bicyclic) bond motifs is 5. The van der Waals surface area contributed by atoms with E-state index in [1.165, 1.54) is 0 Å². The number of aromatic nitrogens is 5. The fraction of sp³-hybridized carbons (Fsp3) is 0.182. The van der Waals surface area contributed by atoms with Crippen molar-refractivity contribution < 1.29 is 0 Å². The SMILES string of the molecule is CCc1nc2c(c(=O)c(C)nn2-c2cccc(C)c2)c2nc3ccccc3n12. The van der Waals surface area contributed by atoms with Crippen molar-refractivity contribution in [3.05, 3.63) is 75.8 Å². The molecule has 2 aromatic carbocycles. The summed E-state index contributed by atoms with van der Waals surface area (Å²) in [4.78, 5) is 22.8. The first-order chi connectivity index (χ1) is 13.6. The van der Waals surface area contributed by atoms with E-state index in [2.05, 4.69) is 12.0 Å². The fourth-order valence-electron chi connectivity index (χ4n) is 3.74. The minimum Gasteiger partial charge on any atom is -0.287 e. The summed E-state index contributed by atoms with van der Waals surface area (Å²) in [5.74, 6) is 0.850. The first-order valence-electron chi connectivity index (χ1n) is 9.35. The largest absolute Gasteiger partial charge is 0.287 e. The van der Waals surface area contributed by atoms with E-state index in [1.54, 1.807) is 11.6 Å². The monoisotopic (exact) mass is 369 g/mol. The van der Waals surface area contributed by atoms with Gasteiger partial charge in [-0.1, -0.05) is 31.2 Å². The lowest BCUT2D eigenvalue weighted by atomic mass is 10.2. The molecule has 0 fully saturated rings. The van der Waals surface area contributed by atoms with Crippen LogP contribution in [-0.2, 0) is 6.42 Å². The summed E-state index contributed by atoms with van der Waals surface area (Å²) in [5.41, 5.74) is 5.28. The Hall–Kier alpha value is -3.54. The highest BCUT2D eigenvalue weighted by atomic mass is 16.1. The third-order valence-corrected chi connectivity index (χ3v) is 5.07. The lowest BCUT2D eigenvalue weighted by Crippen LogP contribution is -2.19. The fourth-order valence-corrected chi connectivity index (χ4v) is 3.74. The van der Waals surface area contributed by atoms with Gasteiger partial charge in [-0.2, -0.15) is 5.10 Å². The zero-order valence-corrected chi connectivity index (χ0v) is 16.0. The number of rotatable bonds is 2. The number of para-hydroxylation sites is 2. The number of aryl methyl sites for hydroxylation is 3. The summed E-state index contributed by atoms with van der Waals surface area (Å²) >= 11 is 0. The summed E-state index contributed by atoms with van der Waals surface area (Å²) in [6.45, 7) is 5.82. The molecule has 0 saturated carbocycles. The van der Waals surface area contributed by atoms with Gasteiger partial charge in [-0.3, -0.25) is 9.20 Å². The Morgan fingerprint density at radius 1 is 0.964 bits per heavy atom. The van der Waals surface area contributed by atoms with Crippen LogP contribution >= 0.6 is 0 Å². The van der Waals surface area contributed by atoms with Crippen LogP contribution in [0, 0.1) is 13.8 Å². The lowest BCUT2D eigenvalue weighted by Gasteiger charge is -2.13. The lowest BCUT2D eigenvalue weighted by molar-refractivity contribution is 0.817. The van der Waals surface area contributed by atoms with Crippen molar-refractivity contribution in [1.29, 1.82) is 0 Å². The third-order valence-electron chi connectivity index (χ3n) is 5.07. The van der Waals surface area contributed by atoms with Crippen molar-refractivity contribution in [2.75, 3.05) is 0 Å². The first-order valence-corrected chi connectivity index (χ1v) is 9.35. The van der Waals surface area contributed by atoms with Gasteiger partial charge in [0.15, 0.2) is 11.3 Å². The van der Waals surface area contributed by atoms with Gasteiger partial charge in [-0.05, 0) is 43.7 Å². The van der Waals surface area contributed by atoms with Gasteiger partial charge >= 0.3 is 0 Å². The van der Waals surface area contributed by atoms with Crippen molar-refractivity contribution in [1.82, 2.24) is 24.1 Å². The van der Waals surface area contributed by atoms with Crippen LogP contribution in [-0.4, -0.2) is 24.1 Å². The quantitative estimate of drug-likeness (QED) is 0.475. The second-order valence-corrected chi connectivity index (χ2v) is 7.01. The second-order valence-electron chi connectivity index (χ2n) is 7.01. The molecular formula is C22H19N5O. The molecule has 0 saturated heterocycles. The third kappa shape index (κ3) is 2.27. The van der Waals surface area contributed by atoms with Gasteiger partial charge in [0, 0.05) is 6.42 Å². The van der Waals surface area contributed by atoms with Crippen LogP contribution in [0.2, 0.25) is 0 Å². The summed E-state index contributed by atoms with van der Waals surface area (Å²) in [6.07, 6.45) is 0.711. The van der Waals surface area contributed by atoms with Crippen molar-refractivity contribution in [2.45, 2.75) is 27.2 Å². The molecule has 0 aliphatic heterocycles. The van der Waals surface area contributed by atoms with Crippen LogP contribution in [0.3, 0.4) is 0 Å².